The molecule has 21 heavy (non-hydrogen) atoms. The fourth-order valence-corrected chi connectivity index (χ4v) is 2.22. The van der Waals surface area contributed by atoms with E-state index in [0.717, 1.165) is 0 Å². The van der Waals surface area contributed by atoms with Crippen LogP contribution in [-0.2, 0) is 4.79 Å². The molecule has 0 heterocycles. The Morgan fingerprint density at radius 1 is 1.29 bits per heavy atom. The minimum absolute atomic E-state index is 0.274. The number of benzene rings is 2. The number of carboxylic acid groups (broad SMARTS) is 1. The molecule has 2 N–H and O–H groups in total. The quantitative estimate of drug-likeness (QED) is 0.883. The van der Waals surface area contributed by atoms with Gasteiger partial charge in [-0.15, -0.1) is 0 Å². The Morgan fingerprint density at radius 2 is 1.95 bits per heavy atom. The molecule has 0 saturated heterocycles. The molecule has 4 nitrogen and oxygen atoms in total. The third-order valence-electron chi connectivity index (χ3n) is 2.92. The van der Waals surface area contributed by atoms with Crippen LogP contribution < -0.4 is 10.1 Å². The zero-order chi connectivity index (χ0) is 15.4. The average Bonchev–Trinajstić information content (AvgIpc) is 2.46. The number of ether oxygens (including phenoxy) is 1. The van der Waals surface area contributed by atoms with Crippen molar-refractivity contribution in [2.24, 2.45) is 0 Å². The number of hydrogen-bond donors (Lipinski definition) is 2. The molecule has 0 bridgehead atoms. The van der Waals surface area contributed by atoms with Crippen LogP contribution in [0.25, 0.3) is 0 Å². The molecule has 0 aromatic heterocycles. The maximum absolute atomic E-state index is 12.9. The smallest absolute Gasteiger partial charge is 0.331 e. The highest BCUT2D eigenvalue weighted by molar-refractivity contribution is 6.31. The number of carboxylic acids is 1. The van der Waals surface area contributed by atoms with Crippen molar-refractivity contribution in [3.8, 4) is 5.75 Å². The normalized spacial score (nSPS) is 11.8. The van der Waals surface area contributed by atoms with Gasteiger partial charge < -0.3 is 15.2 Å². The number of nitrogens with one attached hydrogen (secondary N) is 1. The predicted octanol–water partition coefficient (Wildman–Crippen LogP) is 3.73. The minimum Gasteiger partial charge on any atom is -0.496 e. The molecule has 0 aliphatic carbocycles. The molecule has 0 aliphatic rings. The topological polar surface area (TPSA) is 58.6 Å². The van der Waals surface area contributed by atoms with E-state index in [-0.39, 0.29) is 5.02 Å². The van der Waals surface area contributed by atoms with Crippen molar-refractivity contribution in [2.45, 2.75) is 6.04 Å². The number of rotatable bonds is 5. The molecule has 0 fully saturated rings. The first kappa shape index (κ1) is 15.1. The lowest BCUT2D eigenvalue weighted by atomic mass is 10.0. The average molecular weight is 310 g/mol. The first-order valence-electron chi connectivity index (χ1n) is 6.10. The molecule has 110 valence electrons. The monoisotopic (exact) mass is 309 g/mol. The summed E-state index contributed by atoms with van der Waals surface area (Å²) in [5.41, 5.74) is 0.782. The van der Waals surface area contributed by atoms with Crippen molar-refractivity contribution < 1.29 is 19.0 Å². The fourth-order valence-electron chi connectivity index (χ4n) is 1.95. The maximum Gasteiger partial charge on any atom is 0.331 e. The fraction of sp³-hybridized carbons (Fsp3) is 0.133. The number of anilines is 1. The Bertz CT molecular complexity index is 646. The molecular formula is C15H13ClFNO3. The number of aliphatic carboxylic acids is 1. The largest absolute Gasteiger partial charge is 0.496 e. The van der Waals surface area contributed by atoms with Gasteiger partial charge in [0, 0.05) is 11.3 Å². The van der Waals surface area contributed by atoms with E-state index in [1.807, 2.05) is 0 Å². The van der Waals surface area contributed by atoms with Crippen molar-refractivity contribution in [1.82, 2.24) is 0 Å². The SMILES string of the molecule is COc1cccc(Cl)c1C(Nc1ccc(F)cc1)C(=O)O. The van der Waals surface area contributed by atoms with Gasteiger partial charge in [0.15, 0.2) is 6.04 Å². The Kier molecular flexibility index (Phi) is 4.65. The summed E-state index contributed by atoms with van der Waals surface area (Å²) in [7, 11) is 1.44. The van der Waals surface area contributed by atoms with Gasteiger partial charge in [0.05, 0.1) is 12.1 Å². The maximum atomic E-state index is 12.9. The van der Waals surface area contributed by atoms with Crippen LogP contribution in [0.1, 0.15) is 11.6 Å². The molecule has 6 heteroatoms. The van der Waals surface area contributed by atoms with Gasteiger partial charge in [-0.05, 0) is 36.4 Å². The number of carbonyl (C=O) groups is 1. The van der Waals surface area contributed by atoms with Crippen molar-refractivity contribution in [1.29, 1.82) is 0 Å². The van der Waals surface area contributed by atoms with Gasteiger partial charge in [0.25, 0.3) is 0 Å². The second-order valence-corrected chi connectivity index (χ2v) is 4.69. The van der Waals surface area contributed by atoms with Crippen LogP contribution in [0.2, 0.25) is 5.02 Å². The van der Waals surface area contributed by atoms with Crippen LogP contribution in [0.3, 0.4) is 0 Å². The first-order chi connectivity index (χ1) is 10.0. The van der Waals surface area contributed by atoms with E-state index >= 15 is 0 Å². The lowest BCUT2D eigenvalue weighted by Crippen LogP contribution is -2.21. The Balaban J connectivity index is 2.40. The summed E-state index contributed by atoms with van der Waals surface area (Å²) in [4.78, 5) is 11.5. The van der Waals surface area contributed by atoms with Crippen molar-refractivity contribution in [3.05, 3.63) is 58.9 Å². The van der Waals surface area contributed by atoms with Crippen LogP contribution in [-0.4, -0.2) is 18.2 Å². The highest BCUT2D eigenvalue weighted by atomic mass is 35.5. The van der Waals surface area contributed by atoms with Gasteiger partial charge in [-0.1, -0.05) is 17.7 Å². The van der Waals surface area contributed by atoms with Gasteiger partial charge in [-0.3, -0.25) is 0 Å². The number of halogens is 2. The molecule has 2 aromatic carbocycles. The third kappa shape index (κ3) is 3.44. The van der Waals surface area contributed by atoms with Crippen molar-refractivity contribution >= 4 is 23.3 Å². The lowest BCUT2D eigenvalue weighted by molar-refractivity contribution is -0.138. The molecule has 0 spiro atoms. The molecule has 2 rings (SSSR count). The number of methoxy groups -OCH3 is 1. The van der Waals surface area contributed by atoms with E-state index < -0.39 is 17.8 Å². The van der Waals surface area contributed by atoms with E-state index in [4.69, 9.17) is 16.3 Å². The van der Waals surface area contributed by atoms with E-state index in [2.05, 4.69) is 5.32 Å². The van der Waals surface area contributed by atoms with Crippen LogP contribution in [0.5, 0.6) is 5.75 Å². The predicted molar refractivity (Wildman–Crippen MR) is 78.4 cm³/mol. The standard InChI is InChI=1S/C15H13ClFNO3/c1-21-12-4-2-3-11(16)13(12)14(15(19)20)18-10-7-5-9(17)6-8-10/h2-8,14,18H,1H3,(H,19,20). The van der Waals surface area contributed by atoms with Gasteiger partial charge >= 0.3 is 5.97 Å². The van der Waals surface area contributed by atoms with Gasteiger partial charge in [0.1, 0.15) is 11.6 Å². The Morgan fingerprint density at radius 3 is 2.52 bits per heavy atom. The lowest BCUT2D eigenvalue weighted by Gasteiger charge is -2.19. The number of hydrogen-bond acceptors (Lipinski definition) is 3. The molecular weight excluding hydrogens is 297 g/mol. The second kappa shape index (κ2) is 6.45. The molecule has 2 aromatic rings. The Hall–Kier alpha value is -2.27. The van der Waals surface area contributed by atoms with Gasteiger partial charge in [-0.2, -0.15) is 0 Å². The molecule has 0 aliphatic heterocycles. The van der Waals surface area contributed by atoms with E-state index in [1.54, 1.807) is 18.2 Å². The molecule has 0 amide bonds. The summed E-state index contributed by atoms with van der Waals surface area (Å²) in [6.07, 6.45) is 0. The molecule has 1 atom stereocenters. The Labute approximate surface area is 126 Å². The summed E-state index contributed by atoms with van der Waals surface area (Å²) in [6, 6.07) is 9.16. The second-order valence-electron chi connectivity index (χ2n) is 4.28. The van der Waals surface area contributed by atoms with Crippen molar-refractivity contribution in [2.75, 3.05) is 12.4 Å². The van der Waals surface area contributed by atoms with E-state index in [1.165, 1.54) is 31.4 Å². The van der Waals surface area contributed by atoms with Crippen LogP contribution in [0.4, 0.5) is 10.1 Å². The van der Waals surface area contributed by atoms with Crippen LogP contribution in [0, 0.1) is 5.82 Å². The first-order valence-corrected chi connectivity index (χ1v) is 6.48. The van der Waals surface area contributed by atoms with Crippen molar-refractivity contribution in [3.63, 3.8) is 0 Å². The highest BCUT2D eigenvalue weighted by Gasteiger charge is 2.26. The summed E-state index contributed by atoms with van der Waals surface area (Å²) in [5, 5.41) is 12.5. The molecule has 0 radical (unpaired) electrons. The zero-order valence-electron chi connectivity index (χ0n) is 11.1. The third-order valence-corrected chi connectivity index (χ3v) is 3.25. The minimum atomic E-state index is -1.12. The van der Waals surface area contributed by atoms with E-state index in [0.29, 0.717) is 17.0 Å². The summed E-state index contributed by atoms with van der Waals surface area (Å²) < 4.78 is 18.1. The van der Waals surface area contributed by atoms with Gasteiger partial charge in [-0.25, -0.2) is 9.18 Å². The van der Waals surface area contributed by atoms with Crippen LogP contribution >= 0.6 is 11.6 Å². The summed E-state index contributed by atoms with van der Waals surface area (Å²) in [5.74, 6) is -1.15. The highest BCUT2D eigenvalue weighted by Crippen LogP contribution is 2.34. The molecule has 0 saturated carbocycles. The summed E-state index contributed by atoms with van der Waals surface area (Å²) in [6.45, 7) is 0. The van der Waals surface area contributed by atoms with Gasteiger partial charge in [0.2, 0.25) is 0 Å². The van der Waals surface area contributed by atoms with Crippen LogP contribution in [0.15, 0.2) is 42.5 Å². The van der Waals surface area contributed by atoms with E-state index in [9.17, 15) is 14.3 Å². The zero-order valence-corrected chi connectivity index (χ0v) is 11.9. The summed E-state index contributed by atoms with van der Waals surface area (Å²) >= 11 is 6.10. The molecule has 1 unspecified atom stereocenters.